The Labute approximate surface area is 117 Å². The zero-order valence-corrected chi connectivity index (χ0v) is 12.3. The van der Waals surface area contributed by atoms with Crippen LogP contribution in [0.5, 0.6) is 0 Å². The highest BCUT2D eigenvalue weighted by atomic mass is 32.2. The molecule has 0 aliphatic carbocycles. The van der Waals surface area contributed by atoms with E-state index in [1.807, 2.05) is 0 Å². The number of sulfone groups is 1. The Morgan fingerprint density at radius 2 is 1.60 bits per heavy atom. The largest absolute Gasteiger partial charge is 0.480 e. The van der Waals surface area contributed by atoms with E-state index in [1.54, 1.807) is 13.8 Å². The van der Waals surface area contributed by atoms with E-state index in [2.05, 4.69) is 5.32 Å². The lowest BCUT2D eigenvalue weighted by atomic mass is 10.2. The third-order valence-corrected chi connectivity index (χ3v) is 4.95. The highest BCUT2D eigenvalue weighted by Crippen LogP contribution is 2.16. The molecule has 1 atom stereocenters. The van der Waals surface area contributed by atoms with E-state index in [0.717, 1.165) is 0 Å². The molecule has 1 rings (SSSR count). The van der Waals surface area contributed by atoms with E-state index in [0.29, 0.717) is 0 Å². The number of benzene rings is 1. The van der Waals surface area contributed by atoms with Crippen LogP contribution in [0, 0.1) is 0 Å². The van der Waals surface area contributed by atoms with Crippen molar-refractivity contribution in [2.24, 2.45) is 0 Å². The third kappa shape index (κ3) is 3.57. The average molecular weight is 299 g/mol. The summed E-state index contributed by atoms with van der Waals surface area (Å²) in [5, 5.41) is 10.4. The molecule has 2 N–H and O–H groups in total. The lowest BCUT2D eigenvalue weighted by molar-refractivity contribution is -0.138. The van der Waals surface area contributed by atoms with Crippen molar-refractivity contribution >= 4 is 21.7 Å². The van der Waals surface area contributed by atoms with Gasteiger partial charge >= 0.3 is 5.97 Å². The van der Waals surface area contributed by atoms with Gasteiger partial charge in [-0.3, -0.25) is 9.59 Å². The molecule has 0 radical (unpaired) electrons. The Bertz CT molecular complexity index is 604. The molecule has 0 saturated carbocycles. The summed E-state index contributed by atoms with van der Waals surface area (Å²) < 4.78 is 23.8. The van der Waals surface area contributed by atoms with Crippen molar-refractivity contribution in [1.82, 2.24) is 5.32 Å². The maximum absolute atomic E-state index is 11.9. The quantitative estimate of drug-likeness (QED) is 0.847. The summed E-state index contributed by atoms with van der Waals surface area (Å²) in [7, 11) is -3.38. The summed E-state index contributed by atoms with van der Waals surface area (Å²) in [6.07, 6.45) is 0. The molecule has 6 nitrogen and oxygen atoms in total. The molecule has 0 aliphatic rings. The fourth-order valence-electron chi connectivity index (χ4n) is 1.41. The number of rotatable bonds is 5. The van der Waals surface area contributed by atoms with Crippen LogP contribution in [0.1, 0.15) is 31.1 Å². The third-order valence-electron chi connectivity index (χ3n) is 2.78. The molecule has 1 aromatic rings. The molecule has 20 heavy (non-hydrogen) atoms. The molecule has 0 unspecified atom stereocenters. The first-order valence-electron chi connectivity index (χ1n) is 6.04. The smallest absolute Gasteiger partial charge is 0.325 e. The van der Waals surface area contributed by atoms with Crippen molar-refractivity contribution in [2.75, 3.05) is 0 Å². The number of carboxylic acid groups (broad SMARTS) is 1. The second-order valence-electron chi connectivity index (χ2n) is 4.65. The molecule has 0 saturated heterocycles. The summed E-state index contributed by atoms with van der Waals surface area (Å²) in [5.41, 5.74) is 0.209. The predicted octanol–water partition coefficient (Wildman–Crippen LogP) is 1.07. The number of hydrogen-bond donors (Lipinski definition) is 2. The van der Waals surface area contributed by atoms with Gasteiger partial charge in [0.1, 0.15) is 6.04 Å². The van der Waals surface area contributed by atoms with Crippen LogP contribution in [0.2, 0.25) is 0 Å². The Hall–Kier alpha value is -1.89. The number of hydrogen-bond acceptors (Lipinski definition) is 4. The molecule has 0 fully saturated rings. The Kier molecular flexibility index (Phi) is 4.88. The van der Waals surface area contributed by atoms with Gasteiger partial charge in [0.15, 0.2) is 9.84 Å². The van der Waals surface area contributed by atoms with Crippen LogP contribution in [-0.2, 0) is 14.6 Å². The van der Waals surface area contributed by atoms with Crippen molar-refractivity contribution in [3.63, 3.8) is 0 Å². The molecule has 1 amide bonds. The van der Waals surface area contributed by atoms with E-state index in [1.165, 1.54) is 31.2 Å². The van der Waals surface area contributed by atoms with Gasteiger partial charge in [-0.15, -0.1) is 0 Å². The standard InChI is InChI=1S/C13H17NO5S/c1-8(2)20(18,19)11-6-4-10(5-7-11)12(15)14-9(3)13(16)17/h4-9H,1-3H3,(H,14,15)(H,16,17)/t9-/m1/s1. The van der Waals surface area contributed by atoms with Crippen LogP contribution in [0.4, 0.5) is 0 Å². The second-order valence-corrected chi connectivity index (χ2v) is 7.16. The first-order chi connectivity index (χ1) is 9.16. The van der Waals surface area contributed by atoms with Gasteiger partial charge in [-0.05, 0) is 45.0 Å². The van der Waals surface area contributed by atoms with Gasteiger partial charge in [-0.2, -0.15) is 0 Å². The molecule has 110 valence electrons. The van der Waals surface area contributed by atoms with Crippen molar-refractivity contribution in [3.05, 3.63) is 29.8 Å². The van der Waals surface area contributed by atoms with Crippen molar-refractivity contribution in [2.45, 2.75) is 37.0 Å². The van der Waals surface area contributed by atoms with Crippen LogP contribution < -0.4 is 5.32 Å². The Morgan fingerprint density at radius 3 is 2.00 bits per heavy atom. The zero-order chi connectivity index (χ0) is 15.5. The highest BCUT2D eigenvalue weighted by Gasteiger charge is 2.20. The predicted molar refractivity (Wildman–Crippen MR) is 73.3 cm³/mol. The molecule has 0 aliphatic heterocycles. The minimum atomic E-state index is -3.38. The fraction of sp³-hybridized carbons (Fsp3) is 0.385. The SMILES string of the molecule is CC(C)S(=O)(=O)c1ccc(C(=O)N[C@H](C)C(=O)O)cc1. The number of carboxylic acids is 1. The van der Waals surface area contributed by atoms with Gasteiger partial charge in [0.05, 0.1) is 10.1 Å². The topological polar surface area (TPSA) is 101 Å². The summed E-state index contributed by atoms with van der Waals surface area (Å²) in [5.74, 6) is -1.70. The van der Waals surface area contributed by atoms with Gasteiger partial charge in [-0.25, -0.2) is 8.42 Å². The van der Waals surface area contributed by atoms with E-state index < -0.39 is 33.0 Å². The number of carbonyl (C=O) groups excluding carboxylic acids is 1. The Morgan fingerprint density at radius 1 is 1.10 bits per heavy atom. The number of carbonyl (C=O) groups is 2. The maximum Gasteiger partial charge on any atom is 0.325 e. The minimum Gasteiger partial charge on any atom is -0.480 e. The molecule has 0 bridgehead atoms. The van der Waals surface area contributed by atoms with Crippen LogP contribution in [0.25, 0.3) is 0 Å². The molecule has 7 heteroatoms. The maximum atomic E-state index is 11.9. The van der Waals surface area contributed by atoms with Crippen LogP contribution in [-0.4, -0.2) is 36.7 Å². The van der Waals surface area contributed by atoms with Crippen LogP contribution >= 0.6 is 0 Å². The molecule has 0 aromatic heterocycles. The fourth-order valence-corrected chi connectivity index (χ4v) is 2.47. The van der Waals surface area contributed by atoms with Gasteiger partial charge in [0, 0.05) is 5.56 Å². The first-order valence-corrected chi connectivity index (χ1v) is 7.58. The van der Waals surface area contributed by atoms with Crippen LogP contribution in [0.15, 0.2) is 29.2 Å². The first kappa shape index (κ1) is 16.2. The average Bonchev–Trinajstić information content (AvgIpc) is 2.38. The van der Waals surface area contributed by atoms with Crippen molar-refractivity contribution in [3.8, 4) is 0 Å². The van der Waals surface area contributed by atoms with Gasteiger partial charge in [0.25, 0.3) is 5.91 Å². The molecule has 0 heterocycles. The summed E-state index contributed by atoms with van der Waals surface area (Å²) >= 11 is 0. The van der Waals surface area contributed by atoms with Gasteiger partial charge in [-0.1, -0.05) is 0 Å². The van der Waals surface area contributed by atoms with Gasteiger partial charge in [0.2, 0.25) is 0 Å². The van der Waals surface area contributed by atoms with E-state index >= 15 is 0 Å². The Balaban J connectivity index is 2.92. The van der Waals surface area contributed by atoms with Crippen LogP contribution in [0.3, 0.4) is 0 Å². The van der Waals surface area contributed by atoms with Crippen molar-refractivity contribution in [1.29, 1.82) is 0 Å². The normalized spacial score (nSPS) is 13.0. The lowest BCUT2D eigenvalue weighted by Gasteiger charge is -2.10. The molecular formula is C13H17NO5S. The van der Waals surface area contributed by atoms with Crippen molar-refractivity contribution < 1.29 is 23.1 Å². The zero-order valence-electron chi connectivity index (χ0n) is 11.5. The minimum absolute atomic E-state index is 0.135. The summed E-state index contributed by atoms with van der Waals surface area (Å²) in [6.45, 7) is 4.49. The second kappa shape index (κ2) is 6.04. The van der Waals surface area contributed by atoms with E-state index in [-0.39, 0.29) is 10.5 Å². The van der Waals surface area contributed by atoms with E-state index in [4.69, 9.17) is 5.11 Å². The monoisotopic (exact) mass is 299 g/mol. The number of nitrogens with one attached hydrogen (secondary N) is 1. The van der Waals surface area contributed by atoms with Gasteiger partial charge < -0.3 is 10.4 Å². The lowest BCUT2D eigenvalue weighted by Crippen LogP contribution is -2.38. The summed E-state index contributed by atoms with van der Waals surface area (Å²) in [4.78, 5) is 22.5. The number of amides is 1. The molecular weight excluding hydrogens is 282 g/mol. The highest BCUT2D eigenvalue weighted by molar-refractivity contribution is 7.92. The summed E-state index contributed by atoms with van der Waals surface area (Å²) in [6, 6.07) is 4.39. The number of aliphatic carboxylic acids is 1. The van der Waals surface area contributed by atoms with E-state index in [9.17, 15) is 18.0 Å². The molecule has 0 spiro atoms. The molecule has 1 aromatic carbocycles.